The largest absolute Gasteiger partial charge is 1.00 e. The quantitative estimate of drug-likeness (QED) is 0.299. The summed E-state index contributed by atoms with van der Waals surface area (Å²) in [6.45, 7) is 9.39. The summed E-state index contributed by atoms with van der Waals surface area (Å²) in [5.74, 6) is -0.458. The van der Waals surface area contributed by atoms with E-state index in [2.05, 4.69) is 35.1 Å². The molecule has 2 saturated heterocycles. The molecule has 182 valence electrons. The molecule has 2 fully saturated rings. The van der Waals surface area contributed by atoms with Crippen LogP contribution in [0.25, 0.3) is 0 Å². The Morgan fingerprint density at radius 3 is 1.94 bits per heavy atom. The van der Waals surface area contributed by atoms with Crippen molar-refractivity contribution in [2.45, 2.75) is 89.9 Å². The molecule has 0 aromatic rings. The summed E-state index contributed by atoms with van der Waals surface area (Å²) in [6.07, 6.45) is 6.85. The zero-order valence-electron chi connectivity index (χ0n) is 21.2. The average Bonchev–Trinajstić information content (AvgIpc) is 3.28. The van der Waals surface area contributed by atoms with Gasteiger partial charge in [0, 0.05) is 25.9 Å². The van der Waals surface area contributed by atoms with Gasteiger partial charge in [0.1, 0.15) is 10.9 Å². The number of halogens is 1. The molecule has 10 heteroatoms. The Balaban J connectivity index is -0.000000432. The predicted molar refractivity (Wildman–Crippen MR) is 124 cm³/mol. The van der Waals surface area contributed by atoms with Crippen LogP contribution in [-0.2, 0) is 19.2 Å². The fraction of sp³-hybridized carbons (Fsp3) is 0.818. The minimum Gasteiger partial charge on any atom is -1.00 e. The van der Waals surface area contributed by atoms with E-state index in [0.717, 1.165) is 25.8 Å². The zero-order chi connectivity index (χ0) is 24.0. The van der Waals surface area contributed by atoms with Gasteiger partial charge in [-0.1, -0.05) is 56.5 Å². The van der Waals surface area contributed by atoms with Crippen molar-refractivity contribution >= 4 is 39.7 Å². The second-order valence-corrected chi connectivity index (χ2v) is 9.15. The van der Waals surface area contributed by atoms with E-state index in [1.54, 1.807) is 6.92 Å². The van der Waals surface area contributed by atoms with Crippen molar-refractivity contribution in [3.8, 4) is 0 Å². The standard InChI is InChI=1S/C11H19NO3.C7H13NO.C4H7BrO2.Na.H/c1-3-5-8-6-10(13)12(7-8)9(4-2)11(14)15;1-2-3-6-4-7(9)8-5-6;1-2-3(5)4(6)7;;/h8-9H,3-7H2,1-2H3,(H,14,15);6H,2-5H2,1H3,(H,8,9);3H,2H2,1H3,(H,6,7);;/q;;;+1;-1/t8-,9?;6-;3-;;/m111../s1. The van der Waals surface area contributed by atoms with Gasteiger partial charge in [-0.3, -0.25) is 14.4 Å². The molecular formula is C22H40BrN2NaO6. The molecule has 8 nitrogen and oxygen atoms in total. The first-order valence-electron chi connectivity index (χ1n) is 11.3. The Kier molecular flexibility index (Phi) is 19.6. The number of alkyl halides is 1. The van der Waals surface area contributed by atoms with Crippen LogP contribution in [0.2, 0.25) is 0 Å². The monoisotopic (exact) mass is 530 g/mol. The molecule has 2 heterocycles. The molecule has 2 aliphatic rings. The van der Waals surface area contributed by atoms with Crippen LogP contribution in [0.4, 0.5) is 0 Å². The van der Waals surface area contributed by atoms with Crippen LogP contribution in [0.15, 0.2) is 0 Å². The molecule has 0 bridgehead atoms. The van der Waals surface area contributed by atoms with Gasteiger partial charge in [0.25, 0.3) is 0 Å². The Labute approximate surface area is 224 Å². The molecule has 3 N–H and O–H groups in total. The van der Waals surface area contributed by atoms with Gasteiger partial charge < -0.3 is 21.9 Å². The molecule has 0 aromatic carbocycles. The third-order valence-corrected chi connectivity index (χ3v) is 6.41. The van der Waals surface area contributed by atoms with Gasteiger partial charge in [0.2, 0.25) is 11.8 Å². The van der Waals surface area contributed by atoms with E-state index in [9.17, 15) is 19.2 Å². The summed E-state index contributed by atoms with van der Waals surface area (Å²) in [6, 6.07) is -0.626. The molecule has 2 amide bonds. The van der Waals surface area contributed by atoms with Crippen molar-refractivity contribution in [2.75, 3.05) is 13.1 Å². The number of amides is 2. The number of carboxylic acid groups (broad SMARTS) is 2. The van der Waals surface area contributed by atoms with Gasteiger partial charge in [0.05, 0.1) is 0 Å². The van der Waals surface area contributed by atoms with Crippen LogP contribution in [0.1, 0.15) is 80.5 Å². The molecule has 0 saturated carbocycles. The number of nitrogens with one attached hydrogen (secondary N) is 1. The van der Waals surface area contributed by atoms with Crippen LogP contribution in [0, 0.1) is 11.8 Å². The summed E-state index contributed by atoms with van der Waals surface area (Å²) < 4.78 is 0. The molecule has 0 aromatic heterocycles. The Morgan fingerprint density at radius 2 is 1.59 bits per heavy atom. The number of rotatable bonds is 9. The maximum Gasteiger partial charge on any atom is 1.00 e. The normalized spacial score (nSPS) is 21.2. The predicted octanol–water partition coefficient (Wildman–Crippen LogP) is 0.782. The fourth-order valence-corrected chi connectivity index (χ4v) is 3.69. The van der Waals surface area contributed by atoms with Crippen LogP contribution in [-0.4, -0.2) is 62.8 Å². The van der Waals surface area contributed by atoms with Crippen molar-refractivity contribution < 1.29 is 60.4 Å². The molecule has 2 aliphatic heterocycles. The molecule has 32 heavy (non-hydrogen) atoms. The molecule has 1 unspecified atom stereocenters. The summed E-state index contributed by atoms with van der Waals surface area (Å²) in [5, 5.41) is 19.9. The topological polar surface area (TPSA) is 124 Å². The Morgan fingerprint density at radius 1 is 1.03 bits per heavy atom. The smallest absolute Gasteiger partial charge is 1.00 e. The molecule has 2 rings (SSSR count). The number of hydrogen-bond acceptors (Lipinski definition) is 4. The van der Waals surface area contributed by atoms with E-state index >= 15 is 0 Å². The van der Waals surface area contributed by atoms with Crippen molar-refractivity contribution in [1.29, 1.82) is 0 Å². The SMILES string of the molecule is CCC[C@@H]1CC(=O)N(C(CC)C(=O)O)C1.CCC[C@H]1CNC(=O)C1.CC[C@@H](Br)C(=O)O.[H-].[Na+]. The molecule has 0 spiro atoms. The number of nitrogens with zero attached hydrogens (tertiary/aromatic N) is 1. The third kappa shape index (κ3) is 13.2. The third-order valence-electron chi connectivity index (χ3n) is 5.37. The van der Waals surface area contributed by atoms with E-state index in [1.165, 1.54) is 17.7 Å². The number of carbonyl (C=O) groups excluding carboxylic acids is 2. The number of carbonyl (C=O) groups is 4. The van der Waals surface area contributed by atoms with Crippen molar-refractivity contribution in [3.05, 3.63) is 0 Å². The fourth-order valence-electron chi connectivity index (χ4n) is 3.69. The molecule has 0 aliphatic carbocycles. The first kappa shape index (κ1) is 33.5. The first-order chi connectivity index (χ1) is 14.6. The maximum atomic E-state index is 11.6. The van der Waals surface area contributed by atoms with Gasteiger partial charge in [-0.05, 0) is 37.5 Å². The van der Waals surface area contributed by atoms with E-state index in [0.29, 0.717) is 37.6 Å². The van der Waals surface area contributed by atoms with E-state index in [4.69, 9.17) is 10.2 Å². The van der Waals surface area contributed by atoms with Crippen LogP contribution >= 0.6 is 15.9 Å². The zero-order valence-corrected chi connectivity index (χ0v) is 23.8. The molecule has 4 atom stereocenters. The van der Waals surface area contributed by atoms with E-state index in [-0.39, 0.29) is 47.6 Å². The van der Waals surface area contributed by atoms with Gasteiger partial charge in [-0.25, -0.2) is 4.79 Å². The van der Waals surface area contributed by atoms with Crippen molar-refractivity contribution in [1.82, 2.24) is 10.2 Å². The maximum absolute atomic E-state index is 11.6. The van der Waals surface area contributed by atoms with Crippen molar-refractivity contribution in [3.63, 3.8) is 0 Å². The first-order valence-corrected chi connectivity index (χ1v) is 12.2. The number of likely N-dealkylation sites (tertiary alicyclic amines) is 1. The van der Waals surface area contributed by atoms with Crippen LogP contribution in [0.3, 0.4) is 0 Å². The summed E-state index contributed by atoms with van der Waals surface area (Å²) in [5.41, 5.74) is 0. The second-order valence-electron chi connectivity index (χ2n) is 8.04. The van der Waals surface area contributed by atoms with Gasteiger partial charge >= 0.3 is 41.5 Å². The minimum absolute atomic E-state index is 0. The number of carboxylic acids is 2. The average molecular weight is 531 g/mol. The number of hydrogen-bond donors (Lipinski definition) is 3. The van der Waals surface area contributed by atoms with Crippen molar-refractivity contribution in [2.24, 2.45) is 11.8 Å². The van der Waals surface area contributed by atoms with Gasteiger partial charge in [-0.2, -0.15) is 0 Å². The summed E-state index contributed by atoms with van der Waals surface area (Å²) in [4.78, 5) is 44.2. The Hall–Kier alpha value is -0.640. The van der Waals surface area contributed by atoms with Crippen LogP contribution < -0.4 is 34.9 Å². The molecule has 0 radical (unpaired) electrons. The van der Waals surface area contributed by atoms with Crippen LogP contribution in [0.5, 0.6) is 0 Å². The van der Waals surface area contributed by atoms with E-state index in [1.807, 2.05) is 6.92 Å². The second kappa shape index (κ2) is 18.7. The minimum atomic E-state index is -0.886. The molecular weight excluding hydrogens is 491 g/mol. The Bertz CT molecular complexity index is 599. The summed E-state index contributed by atoms with van der Waals surface area (Å²) in [7, 11) is 0. The number of aliphatic carboxylic acids is 2. The van der Waals surface area contributed by atoms with Gasteiger partial charge in [-0.15, -0.1) is 0 Å². The summed E-state index contributed by atoms with van der Waals surface area (Å²) >= 11 is 2.94. The van der Waals surface area contributed by atoms with Gasteiger partial charge in [0.15, 0.2) is 0 Å². The van der Waals surface area contributed by atoms with E-state index < -0.39 is 18.0 Å².